The van der Waals surface area contributed by atoms with E-state index in [9.17, 15) is 13.2 Å². The highest BCUT2D eigenvalue weighted by molar-refractivity contribution is 7.92. The molecule has 0 saturated heterocycles. The van der Waals surface area contributed by atoms with E-state index in [1.807, 2.05) is 0 Å². The number of rotatable bonds is 5. The van der Waals surface area contributed by atoms with Crippen LogP contribution in [0.15, 0.2) is 35.2 Å². The van der Waals surface area contributed by atoms with Gasteiger partial charge in [-0.3, -0.25) is 9.52 Å². The van der Waals surface area contributed by atoms with Gasteiger partial charge in [-0.25, -0.2) is 8.42 Å². The fourth-order valence-electron chi connectivity index (χ4n) is 2.86. The van der Waals surface area contributed by atoms with Crippen LogP contribution in [0, 0.1) is 0 Å². The topological polar surface area (TPSA) is 94.2 Å². The number of carbonyl (C=O) groups excluding carboxylic acids is 1. The minimum absolute atomic E-state index is 0.0246. The molecule has 1 N–H and O–H groups in total. The van der Waals surface area contributed by atoms with Gasteiger partial charge < -0.3 is 19.1 Å². The van der Waals surface area contributed by atoms with Crippen LogP contribution in [0.1, 0.15) is 6.92 Å². The van der Waals surface area contributed by atoms with Crippen molar-refractivity contribution in [1.82, 2.24) is 0 Å². The fraction of sp³-hybridized carbons (Fsp3) is 0.278. The van der Waals surface area contributed by atoms with Crippen LogP contribution in [0.3, 0.4) is 0 Å². The highest BCUT2D eigenvalue weighted by atomic mass is 35.5. The third kappa shape index (κ3) is 3.81. The fourth-order valence-corrected chi connectivity index (χ4v) is 4.45. The number of ether oxygens (including phenoxy) is 3. The van der Waals surface area contributed by atoms with Crippen LogP contribution in [0.4, 0.5) is 11.4 Å². The number of hydrogen-bond acceptors (Lipinski definition) is 6. The van der Waals surface area contributed by atoms with Gasteiger partial charge in [-0.15, -0.1) is 0 Å². The predicted octanol–water partition coefficient (Wildman–Crippen LogP) is 2.90. The van der Waals surface area contributed by atoms with Gasteiger partial charge in [0.15, 0.2) is 11.5 Å². The van der Waals surface area contributed by atoms with Crippen molar-refractivity contribution in [1.29, 1.82) is 0 Å². The Morgan fingerprint density at radius 3 is 2.54 bits per heavy atom. The largest absolute Gasteiger partial charge is 0.493 e. The summed E-state index contributed by atoms with van der Waals surface area (Å²) in [5.41, 5.74) is 0.714. The van der Waals surface area contributed by atoms with Gasteiger partial charge in [0.1, 0.15) is 17.3 Å². The molecule has 0 atom stereocenters. The summed E-state index contributed by atoms with van der Waals surface area (Å²) in [5, 5.41) is -0.0246. The Hall–Kier alpha value is -2.65. The molecule has 2 aromatic rings. The Morgan fingerprint density at radius 2 is 1.89 bits per heavy atom. The first-order chi connectivity index (χ1) is 13.3. The third-order valence-electron chi connectivity index (χ3n) is 4.18. The van der Waals surface area contributed by atoms with Crippen molar-refractivity contribution in [3.63, 3.8) is 0 Å². The number of amides is 1. The number of halogens is 1. The molecule has 0 spiro atoms. The first-order valence-electron chi connectivity index (χ1n) is 8.26. The zero-order valence-corrected chi connectivity index (χ0v) is 17.1. The van der Waals surface area contributed by atoms with E-state index in [1.54, 1.807) is 12.1 Å². The number of hydrogen-bond donors (Lipinski definition) is 1. The lowest BCUT2D eigenvalue weighted by molar-refractivity contribution is -0.116. The van der Waals surface area contributed by atoms with Crippen LogP contribution in [0.25, 0.3) is 0 Å². The summed E-state index contributed by atoms with van der Waals surface area (Å²) in [6.45, 7) is 2.05. The molecule has 0 radical (unpaired) electrons. The first kappa shape index (κ1) is 20.1. The molecule has 0 unspecified atom stereocenters. The number of nitrogens with zero attached hydrogens (tertiary/aromatic N) is 1. The molecule has 2 aromatic carbocycles. The number of fused-ring (bicyclic) bond motifs is 1. The van der Waals surface area contributed by atoms with Crippen molar-refractivity contribution in [3.8, 4) is 17.2 Å². The standard InChI is InChI=1S/C18H19ClN2O6S/c1-11(22)21-6-7-27-16-10-18(13(19)9-14(16)21)28(23,24)20-12-4-5-15(25-2)17(8-12)26-3/h4-5,8-10,20H,6-7H2,1-3H3. The molecule has 0 bridgehead atoms. The van der Waals surface area contributed by atoms with Crippen LogP contribution in [0.2, 0.25) is 5.02 Å². The van der Waals surface area contributed by atoms with Crippen molar-refractivity contribution in [2.24, 2.45) is 0 Å². The zero-order chi connectivity index (χ0) is 20.5. The second-order valence-corrected chi connectivity index (χ2v) is 8.00. The highest BCUT2D eigenvalue weighted by Gasteiger charge is 2.27. The maximum Gasteiger partial charge on any atom is 0.263 e. The van der Waals surface area contributed by atoms with Crippen LogP contribution in [0.5, 0.6) is 17.2 Å². The van der Waals surface area contributed by atoms with Crippen LogP contribution < -0.4 is 23.8 Å². The van der Waals surface area contributed by atoms with E-state index in [-0.39, 0.29) is 33.9 Å². The molecule has 1 heterocycles. The second-order valence-electron chi connectivity index (χ2n) is 5.94. The SMILES string of the molecule is COc1ccc(NS(=O)(=O)c2cc3c(cc2Cl)N(C(C)=O)CCO3)cc1OC. The molecule has 1 amide bonds. The lowest BCUT2D eigenvalue weighted by Crippen LogP contribution is -2.36. The summed E-state index contributed by atoms with van der Waals surface area (Å²) in [7, 11) is -1.08. The maximum absolute atomic E-state index is 12.9. The summed E-state index contributed by atoms with van der Waals surface area (Å²) in [6.07, 6.45) is 0. The number of methoxy groups -OCH3 is 2. The molecule has 1 aliphatic rings. The maximum atomic E-state index is 12.9. The Balaban J connectivity index is 1.98. The number of anilines is 2. The lowest BCUT2D eigenvalue weighted by Gasteiger charge is -2.29. The summed E-state index contributed by atoms with van der Waals surface area (Å²) in [6, 6.07) is 7.35. The number of sulfonamides is 1. The third-order valence-corrected chi connectivity index (χ3v) is 6.03. The zero-order valence-electron chi connectivity index (χ0n) is 15.5. The summed E-state index contributed by atoms with van der Waals surface area (Å²) in [5.74, 6) is 0.938. The van der Waals surface area contributed by atoms with Crippen molar-refractivity contribution in [3.05, 3.63) is 35.4 Å². The minimum Gasteiger partial charge on any atom is -0.493 e. The van der Waals surface area contributed by atoms with E-state index in [2.05, 4.69) is 4.72 Å². The Morgan fingerprint density at radius 1 is 1.18 bits per heavy atom. The molecular weight excluding hydrogens is 408 g/mol. The molecule has 3 rings (SSSR count). The van der Waals surface area contributed by atoms with E-state index < -0.39 is 10.0 Å². The summed E-state index contributed by atoms with van der Waals surface area (Å²) >= 11 is 6.23. The number of nitrogens with one attached hydrogen (secondary N) is 1. The van der Waals surface area contributed by atoms with Gasteiger partial charge in [-0.1, -0.05) is 11.6 Å². The smallest absolute Gasteiger partial charge is 0.263 e. The van der Waals surface area contributed by atoms with E-state index >= 15 is 0 Å². The molecule has 8 nitrogen and oxygen atoms in total. The summed E-state index contributed by atoms with van der Waals surface area (Å²) in [4.78, 5) is 13.1. The predicted molar refractivity (Wildman–Crippen MR) is 105 cm³/mol. The van der Waals surface area contributed by atoms with Gasteiger partial charge in [0.25, 0.3) is 10.0 Å². The molecule has 0 saturated carbocycles. The molecular formula is C18H19ClN2O6S. The average molecular weight is 427 g/mol. The molecule has 0 fully saturated rings. The Kier molecular flexibility index (Phi) is 5.57. The van der Waals surface area contributed by atoms with Crippen molar-refractivity contribution >= 4 is 38.9 Å². The van der Waals surface area contributed by atoms with Crippen LogP contribution in [-0.2, 0) is 14.8 Å². The second kappa shape index (κ2) is 7.76. The van der Waals surface area contributed by atoms with Crippen LogP contribution in [-0.4, -0.2) is 41.7 Å². The summed E-state index contributed by atoms with van der Waals surface area (Å²) < 4.78 is 44.1. The molecule has 0 aromatic heterocycles. The monoisotopic (exact) mass is 426 g/mol. The van der Waals surface area contributed by atoms with Crippen LogP contribution >= 0.6 is 11.6 Å². The number of carbonyl (C=O) groups is 1. The quantitative estimate of drug-likeness (QED) is 0.790. The minimum atomic E-state index is -4.02. The van der Waals surface area contributed by atoms with Crippen molar-refractivity contribution < 1.29 is 27.4 Å². The first-order valence-corrected chi connectivity index (χ1v) is 10.1. The van der Waals surface area contributed by atoms with Gasteiger partial charge in [0, 0.05) is 19.1 Å². The van der Waals surface area contributed by atoms with Gasteiger partial charge >= 0.3 is 0 Å². The lowest BCUT2D eigenvalue weighted by atomic mass is 10.2. The molecule has 1 aliphatic heterocycles. The van der Waals surface area contributed by atoms with E-state index in [4.69, 9.17) is 25.8 Å². The van der Waals surface area contributed by atoms with Crippen molar-refractivity contribution in [2.45, 2.75) is 11.8 Å². The van der Waals surface area contributed by atoms with Gasteiger partial charge in [-0.05, 0) is 18.2 Å². The normalized spacial score (nSPS) is 13.4. The van der Waals surface area contributed by atoms with Crippen molar-refractivity contribution in [2.75, 3.05) is 37.0 Å². The van der Waals surface area contributed by atoms with E-state index in [0.717, 1.165) is 0 Å². The molecule has 10 heteroatoms. The van der Waals surface area contributed by atoms with Gasteiger partial charge in [0.05, 0.1) is 37.2 Å². The molecule has 150 valence electrons. The van der Waals surface area contributed by atoms with E-state index in [0.29, 0.717) is 23.7 Å². The Labute approximate surface area is 168 Å². The Bertz CT molecular complexity index is 1020. The van der Waals surface area contributed by atoms with Gasteiger partial charge in [0.2, 0.25) is 5.91 Å². The molecule has 0 aliphatic carbocycles. The highest BCUT2D eigenvalue weighted by Crippen LogP contribution is 2.39. The van der Waals surface area contributed by atoms with Gasteiger partial charge in [-0.2, -0.15) is 0 Å². The van der Waals surface area contributed by atoms with E-state index in [1.165, 1.54) is 44.2 Å². The number of benzene rings is 2. The molecule has 28 heavy (non-hydrogen) atoms. The average Bonchev–Trinajstić information content (AvgIpc) is 2.66.